The highest BCUT2D eigenvalue weighted by atomic mass is 14.5. The van der Waals surface area contributed by atoms with E-state index in [2.05, 4.69) is 107 Å². The summed E-state index contributed by atoms with van der Waals surface area (Å²) >= 11 is 0. The van der Waals surface area contributed by atoms with Gasteiger partial charge in [0.2, 0.25) is 0 Å². The molecular weight excluding hydrogens is 288 g/mol. The first-order chi connectivity index (χ1) is 11.4. The second kappa shape index (κ2) is 6.09. The Hall–Kier alpha value is -2.08. The Kier molecular flexibility index (Phi) is 4.25. The first kappa shape index (κ1) is 16.8. The molecule has 0 radical (unpaired) electrons. The third-order valence-corrected chi connectivity index (χ3v) is 5.48. The van der Waals surface area contributed by atoms with E-state index in [1.165, 1.54) is 22.3 Å². The van der Waals surface area contributed by atoms with Crippen LogP contribution >= 0.6 is 0 Å². The van der Waals surface area contributed by atoms with E-state index in [0.717, 1.165) is 0 Å². The SMILES string of the molecule is CC1=CC(C(c2ccccc2)(c2ccccc2)C(C)(C)C)C(C)=C1. The minimum absolute atomic E-state index is 0.0661. The van der Waals surface area contributed by atoms with E-state index in [4.69, 9.17) is 0 Å². The molecule has 0 fully saturated rings. The first-order valence-electron chi connectivity index (χ1n) is 8.85. The fourth-order valence-corrected chi connectivity index (χ4v) is 4.62. The lowest BCUT2D eigenvalue weighted by atomic mass is 9.52. The van der Waals surface area contributed by atoms with Crippen LogP contribution in [0.15, 0.2) is 84.0 Å². The molecular formula is C24H28. The van der Waals surface area contributed by atoms with Gasteiger partial charge in [0.05, 0.1) is 0 Å². The number of allylic oxidation sites excluding steroid dienone is 4. The van der Waals surface area contributed by atoms with Gasteiger partial charge in [-0.05, 0) is 30.4 Å². The zero-order chi connectivity index (χ0) is 17.4. The van der Waals surface area contributed by atoms with Crippen LogP contribution in [0.25, 0.3) is 0 Å². The van der Waals surface area contributed by atoms with Crippen molar-refractivity contribution in [3.63, 3.8) is 0 Å². The average Bonchev–Trinajstić information content (AvgIpc) is 2.88. The van der Waals surface area contributed by atoms with Crippen molar-refractivity contribution in [2.75, 3.05) is 0 Å². The predicted octanol–water partition coefficient (Wildman–Crippen LogP) is 6.54. The number of benzene rings is 2. The number of hydrogen-bond donors (Lipinski definition) is 0. The summed E-state index contributed by atoms with van der Waals surface area (Å²) < 4.78 is 0. The van der Waals surface area contributed by atoms with Crippen LogP contribution in [0.3, 0.4) is 0 Å². The molecule has 0 heterocycles. The lowest BCUT2D eigenvalue weighted by Crippen LogP contribution is -2.47. The number of hydrogen-bond acceptors (Lipinski definition) is 0. The highest BCUT2D eigenvalue weighted by molar-refractivity contribution is 5.50. The van der Waals surface area contributed by atoms with Crippen LogP contribution in [0.2, 0.25) is 0 Å². The lowest BCUT2D eigenvalue weighted by Gasteiger charge is -2.50. The summed E-state index contributed by atoms with van der Waals surface area (Å²) in [6.07, 6.45) is 4.80. The lowest BCUT2D eigenvalue weighted by molar-refractivity contribution is 0.190. The highest BCUT2D eigenvalue weighted by Crippen LogP contribution is 2.55. The summed E-state index contributed by atoms with van der Waals surface area (Å²) in [5.41, 5.74) is 5.60. The molecule has 1 aliphatic rings. The molecule has 0 aliphatic heterocycles. The fraction of sp³-hybridized carbons (Fsp3) is 0.333. The van der Waals surface area contributed by atoms with Gasteiger partial charge < -0.3 is 0 Å². The molecule has 0 nitrogen and oxygen atoms in total. The van der Waals surface area contributed by atoms with Crippen molar-refractivity contribution in [2.45, 2.75) is 40.0 Å². The second-order valence-corrected chi connectivity index (χ2v) is 8.07. The van der Waals surface area contributed by atoms with E-state index in [0.29, 0.717) is 5.92 Å². The van der Waals surface area contributed by atoms with Gasteiger partial charge in [-0.3, -0.25) is 0 Å². The van der Waals surface area contributed by atoms with E-state index in [1.807, 2.05) is 0 Å². The smallest absolute Gasteiger partial charge is 0.0351 e. The van der Waals surface area contributed by atoms with Crippen molar-refractivity contribution >= 4 is 0 Å². The van der Waals surface area contributed by atoms with E-state index >= 15 is 0 Å². The van der Waals surface area contributed by atoms with Gasteiger partial charge in [0, 0.05) is 11.3 Å². The number of rotatable bonds is 3. The Morgan fingerprint density at radius 3 is 1.50 bits per heavy atom. The van der Waals surface area contributed by atoms with E-state index in [9.17, 15) is 0 Å². The van der Waals surface area contributed by atoms with Gasteiger partial charge in [0.15, 0.2) is 0 Å². The van der Waals surface area contributed by atoms with Crippen LogP contribution in [0.1, 0.15) is 45.7 Å². The maximum Gasteiger partial charge on any atom is 0.0351 e. The van der Waals surface area contributed by atoms with Crippen LogP contribution in [-0.2, 0) is 5.41 Å². The molecule has 0 saturated carbocycles. The maximum atomic E-state index is 2.46. The highest BCUT2D eigenvalue weighted by Gasteiger charge is 2.50. The van der Waals surface area contributed by atoms with E-state index in [1.54, 1.807) is 0 Å². The Morgan fingerprint density at radius 2 is 1.17 bits per heavy atom. The maximum absolute atomic E-state index is 2.46. The normalized spacial score (nSPS) is 18.3. The fourth-order valence-electron chi connectivity index (χ4n) is 4.62. The standard InChI is InChI=1S/C24H28/c1-18-16-19(2)22(17-18)24(23(3,4)5,20-12-8-6-9-13-20)21-14-10-7-11-15-21/h6-17,22H,1-5H3. The van der Waals surface area contributed by atoms with Gasteiger partial charge in [0.25, 0.3) is 0 Å². The summed E-state index contributed by atoms with van der Waals surface area (Å²) in [5.74, 6) is 0.377. The molecule has 3 rings (SSSR count). The third-order valence-electron chi connectivity index (χ3n) is 5.48. The van der Waals surface area contributed by atoms with Gasteiger partial charge >= 0.3 is 0 Å². The Balaban J connectivity index is 2.37. The minimum Gasteiger partial charge on any atom is -0.0732 e. The molecule has 1 aliphatic carbocycles. The van der Waals surface area contributed by atoms with Crippen molar-refractivity contribution in [1.29, 1.82) is 0 Å². The van der Waals surface area contributed by atoms with Gasteiger partial charge in [-0.1, -0.05) is 105 Å². The molecule has 0 saturated heterocycles. The van der Waals surface area contributed by atoms with Crippen molar-refractivity contribution in [1.82, 2.24) is 0 Å². The third kappa shape index (κ3) is 2.55. The molecule has 0 spiro atoms. The molecule has 2 aromatic rings. The van der Waals surface area contributed by atoms with E-state index in [-0.39, 0.29) is 10.8 Å². The zero-order valence-electron chi connectivity index (χ0n) is 15.5. The molecule has 1 unspecified atom stereocenters. The molecule has 0 heteroatoms. The molecule has 124 valence electrons. The first-order valence-corrected chi connectivity index (χ1v) is 8.85. The van der Waals surface area contributed by atoms with Crippen molar-refractivity contribution < 1.29 is 0 Å². The van der Waals surface area contributed by atoms with Gasteiger partial charge in [-0.15, -0.1) is 0 Å². The van der Waals surface area contributed by atoms with Crippen molar-refractivity contribution in [2.24, 2.45) is 11.3 Å². The summed E-state index contributed by atoms with van der Waals surface area (Å²) in [6.45, 7) is 11.6. The summed E-state index contributed by atoms with van der Waals surface area (Å²) in [4.78, 5) is 0. The van der Waals surface area contributed by atoms with Gasteiger partial charge in [-0.2, -0.15) is 0 Å². The monoisotopic (exact) mass is 316 g/mol. The van der Waals surface area contributed by atoms with Crippen LogP contribution in [-0.4, -0.2) is 0 Å². The van der Waals surface area contributed by atoms with Crippen LogP contribution in [0, 0.1) is 11.3 Å². The van der Waals surface area contributed by atoms with Gasteiger partial charge in [-0.25, -0.2) is 0 Å². The Labute approximate surface area is 146 Å². The molecule has 2 aromatic carbocycles. The quantitative estimate of drug-likeness (QED) is 0.603. The van der Waals surface area contributed by atoms with Gasteiger partial charge in [0.1, 0.15) is 0 Å². The summed E-state index contributed by atoms with van der Waals surface area (Å²) in [6, 6.07) is 22.1. The zero-order valence-corrected chi connectivity index (χ0v) is 15.5. The van der Waals surface area contributed by atoms with E-state index < -0.39 is 0 Å². The average molecular weight is 316 g/mol. The largest absolute Gasteiger partial charge is 0.0732 e. The molecule has 1 atom stereocenters. The van der Waals surface area contributed by atoms with Crippen molar-refractivity contribution in [3.05, 3.63) is 95.1 Å². The molecule has 0 bridgehead atoms. The van der Waals surface area contributed by atoms with Crippen LogP contribution in [0.5, 0.6) is 0 Å². The Morgan fingerprint density at radius 1 is 0.708 bits per heavy atom. The predicted molar refractivity (Wildman–Crippen MR) is 104 cm³/mol. The molecule has 0 amide bonds. The summed E-state index contributed by atoms with van der Waals surface area (Å²) in [7, 11) is 0. The van der Waals surface area contributed by atoms with Crippen LogP contribution < -0.4 is 0 Å². The molecule has 0 N–H and O–H groups in total. The second-order valence-electron chi connectivity index (χ2n) is 8.07. The van der Waals surface area contributed by atoms with Crippen LogP contribution in [0.4, 0.5) is 0 Å². The topological polar surface area (TPSA) is 0 Å². The molecule has 24 heavy (non-hydrogen) atoms. The Bertz CT molecular complexity index is 715. The van der Waals surface area contributed by atoms with Crippen molar-refractivity contribution in [3.8, 4) is 0 Å². The summed E-state index contributed by atoms with van der Waals surface area (Å²) in [5, 5.41) is 0. The minimum atomic E-state index is -0.0894. The molecule has 0 aromatic heterocycles.